The predicted octanol–water partition coefficient (Wildman–Crippen LogP) is 2.58. The molecule has 1 heterocycles. The number of piperazine rings is 1. The summed E-state index contributed by atoms with van der Waals surface area (Å²) >= 11 is 2.33. The Labute approximate surface area is 116 Å². The Hall–Kier alpha value is -0.200. The minimum Gasteiger partial charge on any atom is -0.311 e. The van der Waals surface area contributed by atoms with E-state index < -0.39 is 6.30 Å². The molecule has 0 saturated carbocycles. The first-order valence-electron chi connectivity index (χ1n) is 5.99. The molecule has 1 aromatic carbocycles. The van der Waals surface area contributed by atoms with Crippen LogP contribution in [-0.2, 0) is 6.42 Å². The molecule has 17 heavy (non-hydrogen) atoms. The van der Waals surface area contributed by atoms with Crippen LogP contribution in [0.4, 0.5) is 4.39 Å². The number of rotatable bonds is 3. The summed E-state index contributed by atoms with van der Waals surface area (Å²) in [6, 6.07) is 10.2. The highest BCUT2D eigenvalue weighted by Crippen LogP contribution is 2.21. The summed E-state index contributed by atoms with van der Waals surface area (Å²) in [4.78, 5) is 1.95. The van der Waals surface area contributed by atoms with Crippen LogP contribution >= 0.6 is 22.6 Å². The molecule has 1 aliphatic heterocycles. The first-order valence-corrected chi connectivity index (χ1v) is 7.24. The number of halogens is 2. The molecule has 0 spiro atoms. The van der Waals surface area contributed by atoms with Crippen molar-refractivity contribution < 1.29 is 4.39 Å². The van der Waals surface area contributed by atoms with E-state index in [1.165, 1.54) is 0 Å². The van der Waals surface area contributed by atoms with E-state index in [1.54, 1.807) is 0 Å². The van der Waals surface area contributed by atoms with Crippen molar-refractivity contribution in [2.45, 2.75) is 29.7 Å². The fourth-order valence-corrected chi connectivity index (χ4v) is 3.03. The van der Waals surface area contributed by atoms with Crippen LogP contribution in [0.3, 0.4) is 0 Å². The van der Waals surface area contributed by atoms with E-state index in [2.05, 4.69) is 34.8 Å². The molecule has 3 unspecified atom stereocenters. The van der Waals surface area contributed by atoms with Gasteiger partial charge in [-0.2, -0.15) is 0 Å². The zero-order valence-corrected chi connectivity index (χ0v) is 12.1. The van der Waals surface area contributed by atoms with Gasteiger partial charge in [-0.15, -0.1) is 0 Å². The van der Waals surface area contributed by atoms with E-state index in [-0.39, 0.29) is 4.05 Å². The van der Waals surface area contributed by atoms with Gasteiger partial charge in [-0.05, 0) is 12.5 Å². The summed E-state index contributed by atoms with van der Waals surface area (Å²) < 4.78 is 14.5. The molecule has 1 fully saturated rings. The van der Waals surface area contributed by atoms with Gasteiger partial charge in [0, 0.05) is 25.6 Å². The molecule has 3 atom stereocenters. The van der Waals surface area contributed by atoms with Gasteiger partial charge in [0.2, 0.25) is 0 Å². The molecule has 2 rings (SSSR count). The second-order valence-corrected chi connectivity index (χ2v) is 5.75. The van der Waals surface area contributed by atoms with Crippen molar-refractivity contribution in [2.75, 3.05) is 13.1 Å². The van der Waals surface area contributed by atoms with Crippen LogP contribution in [0.15, 0.2) is 30.3 Å². The molecule has 1 saturated heterocycles. The average Bonchev–Trinajstić information content (AvgIpc) is 2.34. The maximum atomic E-state index is 14.3. The molecule has 0 aliphatic carbocycles. The smallest absolute Gasteiger partial charge is 0.158 e. The maximum absolute atomic E-state index is 14.3. The van der Waals surface area contributed by atoms with Gasteiger partial charge in [-0.1, -0.05) is 52.9 Å². The summed E-state index contributed by atoms with van der Waals surface area (Å²) in [5.74, 6) is 0. The fourth-order valence-electron chi connectivity index (χ4n) is 2.15. The molecule has 0 radical (unpaired) electrons. The van der Waals surface area contributed by atoms with Crippen molar-refractivity contribution >= 4 is 22.6 Å². The third kappa shape index (κ3) is 3.39. The standard InChI is InChI=1S/C13H18FIN2/c1-10-13(15)17(8-7-16-10)12(14)9-11-5-3-2-4-6-11/h2-6,10,12-13,16H,7-9H2,1H3. The molecule has 1 aromatic rings. The van der Waals surface area contributed by atoms with Crippen LogP contribution in [-0.4, -0.2) is 34.4 Å². The van der Waals surface area contributed by atoms with Crippen LogP contribution in [0.2, 0.25) is 0 Å². The van der Waals surface area contributed by atoms with E-state index in [9.17, 15) is 4.39 Å². The molecule has 0 bridgehead atoms. The Balaban J connectivity index is 1.97. The van der Waals surface area contributed by atoms with E-state index in [0.717, 1.165) is 18.7 Å². The van der Waals surface area contributed by atoms with Crippen LogP contribution in [0, 0.1) is 0 Å². The largest absolute Gasteiger partial charge is 0.311 e. The number of alkyl halides is 2. The summed E-state index contributed by atoms with van der Waals surface area (Å²) in [7, 11) is 0. The lowest BCUT2D eigenvalue weighted by atomic mass is 10.1. The molecule has 1 aliphatic rings. The summed E-state index contributed by atoms with van der Waals surface area (Å²) in [5.41, 5.74) is 1.06. The molecule has 4 heteroatoms. The number of nitrogens with one attached hydrogen (secondary N) is 1. The quantitative estimate of drug-likeness (QED) is 0.513. The Kier molecular flexibility index (Phi) is 4.76. The SMILES string of the molecule is CC1NCCN(C(F)Cc2ccccc2)C1I. The van der Waals surface area contributed by atoms with Crippen molar-refractivity contribution in [1.82, 2.24) is 10.2 Å². The van der Waals surface area contributed by atoms with Crippen molar-refractivity contribution in [2.24, 2.45) is 0 Å². The molecule has 2 nitrogen and oxygen atoms in total. The Morgan fingerprint density at radius 3 is 2.88 bits per heavy atom. The topological polar surface area (TPSA) is 15.3 Å². The minimum atomic E-state index is -0.885. The average molecular weight is 348 g/mol. The summed E-state index contributed by atoms with van der Waals surface area (Å²) in [6.45, 7) is 3.76. The first kappa shape index (κ1) is 13.2. The number of benzene rings is 1. The molecule has 94 valence electrons. The van der Waals surface area contributed by atoms with Gasteiger partial charge in [0.15, 0.2) is 6.30 Å². The second-order valence-electron chi connectivity index (χ2n) is 4.48. The monoisotopic (exact) mass is 348 g/mol. The van der Waals surface area contributed by atoms with Crippen LogP contribution < -0.4 is 5.32 Å². The Morgan fingerprint density at radius 1 is 1.47 bits per heavy atom. The first-order chi connectivity index (χ1) is 8.18. The third-order valence-corrected chi connectivity index (χ3v) is 4.97. The lowest BCUT2D eigenvalue weighted by Gasteiger charge is -2.39. The van der Waals surface area contributed by atoms with Gasteiger partial charge in [0.05, 0.1) is 4.05 Å². The van der Waals surface area contributed by atoms with Gasteiger partial charge in [0.25, 0.3) is 0 Å². The highest BCUT2D eigenvalue weighted by atomic mass is 127. The number of hydrogen-bond acceptors (Lipinski definition) is 2. The van der Waals surface area contributed by atoms with Gasteiger partial charge >= 0.3 is 0 Å². The van der Waals surface area contributed by atoms with E-state index in [1.807, 2.05) is 35.2 Å². The van der Waals surface area contributed by atoms with Gasteiger partial charge in [-0.25, -0.2) is 4.39 Å². The molecule has 0 aromatic heterocycles. The Morgan fingerprint density at radius 2 is 2.18 bits per heavy atom. The van der Waals surface area contributed by atoms with Crippen molar-refractivity contribution in [3.63, 3.8) is 0 Å². The normalized spacial score (nSPS) is 27.9. The van der Waals surface area contributed by atoms with E-state index in [4.69, 9.17) is 0 Å². The lowest BCUT2D eigenvalue weighted by molar-refractivity contribution is 0.0495. The van der Waals surface area contributed by atoms with Crippen LogP contribution in [0.1, 0.15) is 12.5 Å². The third-order valence-electron chi connectivity index (χ3n) is 3.17. The molecule has 1 N–H and O–H groups in total. The highest BCUT2D eigenvalue weighted by molar-refractivity contribution is 14.1. The van der Waals surface area contributed by atoms with E-state index in [0.29, 0.717) is 12.5 Å². The minimum absolute atomic E-state index is 0.222. The number of hydrogen-bond donors (Lipinski definition) is 1. The maximum Gasteiger partial charge on any atom is 0.158 e. The Bertz CT molecular complexity index is 347. The van der Waals surface area contributed by atoms with Gasteiger partial charge in [-0.3, -0.25) is 4.90 Å². The second kappa shape index (κ2) is 6.11. The van der Waals surface area contributed by atoms with Crippen molar-refractivity contribution in [3.05, 3.63) is 35.9 Å². The van der Waals surface area contributed by atoms with Crippen molar-refractivity contribution in [1.29, 1.82) is 0 Å². The van der Waals surface area contributed by atoms with Crippen LogP contribution in [0.5, 0.6) is 0 Å². The zero-order chi connectivity index (χ0) is 12.3. The predicted molar refractivity (Wildman–Crippen MR) is 77.0 cm³/mol. The fraction of sp³-hybridized carbons (Fsp3) is 0.538. The van der Waals surface area contributed by atoms with Crippen molar-refractivity contribution in [3.8, 4) is 0 Å². The molecule has 0 amide bonds. The summed E-state index contributed by atoms with van der Waals surface area (Å²) in [5, 5.41) is 3.36. The number of nitrogens with zero attached hydrogens (tertiary/aromatic N) is 1. The summed E-state index contributed by atoms with van der Waals surface area (Å²) in [6.07, 6.45) is -0.406. The molecular formula is C13H18FIN2. The van der Waals surface area contributed by atoms with Crippen LogP contribution in [0.25, 0.3) is 0 Å². The van der Waals surface area contributed by atoms with E-state index >= 15 is 0 Å². The lowest BCUT2D eigenvalue weighted by Crippen LogP contribution is -2.56. The highest BCUT2D eigenvalue weighted by Gasteiger charge is 2.31. The van der Waals surface area contributed by atoms with Gasteiger partial charge < -0.3 is 5.32 Å². The zero-order valence-electron chi connectivity index (χ0n) is 9.94. The molecular weight excluding hydrogens is 330 g/mol. The van der Waals surface area contributed by atoms with Gasteiger partial charge in [0.1, 0.15) is 0 Å².